The summed E-state index contributed by atoms with van der Waals surface area (Å²) in [4.78, 5) is 23.3. The van der Waals surface area contributed by atoms with Crippen LogP contribution in [0.1, 0.15) is 200 Å². The molecule has 0 radical (unpaired) electrons. The number of phosphoric acid groups is 1. The molecule has 0 bridgehead atoms. The third-order valence-electron chi connectivity index (χ3n) is 12.0. The second kappa shape index (κ2) is 45.4. The molecule has 1 saturated carbocycles. The van der Waals surface area contributed by atoms with Crippen LogP contribution in [0.3, 0.4) is 0 Å². The standard InChI is InChI=1S/C56H97O12P/c1-3-5-7-9-11-13-15-17-19-21-23-24-25-26-27-29-31-33-35-37-39-41-43-45-50(57)67-49(48-66-69(63,64)68-56-54(61)52(59)51(58)53(60)55(56)62)47-65-46-44-42-40-38-36-34-32-30-28-22-20-18-16-14-12-10-8-6-4-2/h5,7,11,13,17,19-20,22-24,26-27,31,33,49,51-56,58-62H,3-4,6,8-10,12,14-16,18,21,25,28-30,32,34-48H2,1-2H3,(H,63,64)/b7-5-,13-11-,19-17-,22-20-,24-23-,27-26-,33-31-. The van der Waals surface area contributed by atoms with Crippen LogP contribution < -0.4 is 0 Å². The first-order chi connectivity index (χ1) is 33.5. The number of aliphatic hydroxyl groups is 5. The third-order valence-corrected chi connectivity index (χ3v) is 13.0. The highest BCUT2D eigenvalue weighted by Gasteiger charge is 2.51. The first-order valence-corrected chi connectivity index (χ1v) is 28.4. The van der Waals surface area contributed by atoms with Crippen LogP contribution in [0.25, 0.3) is 0 Å². The maximum atomic E-state index is 12.9. The molecule has 6 atom stereocenters. The van der Waals surface area contributed by atoms with Crippen molar-refractivity contribution >= 4 is 13.8 Å². The summed E-state index contributed by atoms with van der Waals surface area (Å²) >= 11 is 0. The summed E-state index contributed by atoms with van der Waals surface area (Å²) in [7, 11) is -5.04. The van der Waals surface area contributed by atoms with Crippen molar-refractivity contribution in [3.05, 3.63) is 85.1 Å². The number of esters is 1. The first kappa shape index (κ1) is 64.5. The molecule has 1 aliphatic rings. The first-order valence-electron chi connectivity index (χ1n) is 26.9. The Kier molecular flexibility index (Phi) is 42.5. The van der Waals surface area contributed by atoms with Gasteiger partial charge in [0.05, 0.1) is 13.2 Å². The molecule has 1 aliphatic carbocycles. The van der Waals surface area contributed by atoms with E-state index in [1.54, 1.807) is 0 Å². The van der Waals surface area contributed by atoms with Crippen LogP contribution in [-0.2, 0) is 27.9 Å². The van der Waals surface area contributed by atoms with E-state index in [4.69, 9.17) is 18.5 Å². The zero-order valence-electron chi connectivity index (χ0n) is 42.8. The van der Waals surface area contributed by atoms with E-state index in [0.717, 1.165) is 96.3 Å². The minimum absolute atomic E-state index is 0.0938. The highest BCUT2D eigenvalue weighted by molar-refractivity contribution is 7.47. The smallest absolute Gasteiger partial charge is 0.457 e. The van der Waals surface area contributed by atoms with Crippen LogP contribution in [0.5, 0.6) is 0 Å². The molecule has 0 amide bonds. The van der Waals surface area contributed by atoms with Gasteiger partial charge in [0.2, 0.25) is 0 Å². The van der Waals surface area contributed by atoms with Crippen molar-refractivity contribution in [1.29, 1.82) is 0 Å². The van der Waals surface area contributed by atoms with Gasteiger partial charge in [-0.25, -0.2) is 4.57 Å². The fraction of sp³-hybridized carbons (Fsp3) is 0.732. The van der Waals surface area contributed by atoms with Crippen molar-refractivity contribution in [3.63, 3.8) is 0 Å². The quantitative estimate of drug-likeness (QED) is 0.0147. The summed E-state index contributed by atoms with van der Waals surface area (Å²) in [5.41, 5.74) is 0. The van der Waals surface area contributed by atoms with Gasteiger partial charge in [-0.2, -0.15) is 0 Å². The summed E-state index contributed by atoms with van der Waals surface area (Å²) in [5, 5.41) is 50.4. The van der Waals surface area contributed by atoms with Crippen molar-refractivity contribution < 1.29 is 58.3 Å². The second-order valence-corrected chi connectivity index (χ2v) is 19.7. The van der Waals surface area contributed by atoms with Crippen LogP contribution in [0, 0.1) is 0 Å². The molecule has 0 heterocycles. The van der Waals surface area contributed by atoms with E-state index in [1.165, 1.54) is 77.0 Å². The Morgan fingerprint density at radius 3 is 1.32 bits per heavy atom. The van der Waals surface area contributed by atoms with Crippen LogP contribution in [0.2, 0.25) is 0 Å². The fourth-order valence-corrected chi connectivity index (χ4v) is 8.74. The van der Waals surface area contributed by atoms with Gasteiger partial charge < -0.3 is 39.9 Å². The molecule has 0 aliphatic heterocycles. The predicted molar refractivity (Wildman–Crippen MR) is 281 cm³/mol. The largest absolute Gasteiger partial charge is 0.472 e. The molecule has 0 saturated heterocycles. The molecule has 1 rings (SSSR count). The van der Waals surface area contributed by atoms with E-state index in [0.29, 0.717) is 13.0 Å². The Hall–Kier alpha value is -2.48. The molecule has 398 valence electrons. The van der Waals surface area contributed by atoms with E-state index < -0.39 is 63.1 Å². The number of carbonyl (C=O) groups is 1. The van der Waals surface area contributed by atoms with Gasteiger partial charge in [0.1, 0.15) is 42.7 Å². The Balaban J connectivity index is 2.36. The number of hydrogen-bond acceptors (Lipinski definition) is 11. The topological polar surface area (TPSA) is 192 Å². The minimum Gasteiger partial charge on any atom is -0.457 e. The van der Waals surface area contributed by atoms with Gasteiger partial charge in [0.15, 0.2) is 0 Å². The summed E-state index contributed by atoms with van der Waals surface area (Å²) in [6.45, 7) is 4.12. The van der Waals surface area contributed by atoms with Gasteiger partial charge >= 0.3 is 13.8 Å². The molecular formula is C56H97O12P. The zero-order chi connectivity index (χ0) is 50.5. The molecule has 1 fully saturated rings. The molecular weight excluding hydrogens is 896 g/mol. The number of aliphatic hydroxyl groups excluding tert-OH is 5. The molecule has 0 aromatic carbocycles. The zero-order valence-corrected chi connectivity index (χ0v) is 43.7. The lowest BCUT2D eigenvalue weighted by Crippen LogP contribution is -2.64. The number of unbranched alkanes of at least 4 members (excludes halogenated alkanes) is 19. The highest BCUT2D eigenvalue weighted by atomic mass is 31.2. The van der Waals surface area contributed by atoms with Gasteiger partial charge in [-0.05, 0) is 89.9 Å². The number of phosphoric ester groups is 1. The molecule has 69 heavy (non-hydrogen) atoms. The van der Waals surface area contributed by atoms with E-state index in [1.807, 2.05) is 0 Å². The molecule has 6 unspecified atom stereocenters. The SMILES string of the molecule is CC/C=C\C/C=C\C/C=C\C/C=C\C/C=C\C/C=C\CCCCCCC(=O)OC(COCCCCCCCCCC/C=C\CCCCCCCCC)COP(=O)(O)OC1C(O)C(O)C(O)C(O)C1O. The number of hydrogen-bond donors (Lipinski definition) is 6. The van der Waals surface area contributed by atoms with Gasteiger partial charge in [-0.15, -0.1) is 0 Å². The Labute approximate surface area is 418 Å². The van der Waals surface area contributed by atoms with Crippen LogP contribution in [0.4, 0.5) is 0 Å². The van der Waals surface area contributed by atoms with Gasteiger partial charge in [-0.1, -0.05) is 189 Å². The fourth-order valence-electron chi connectivity index (χ4n) is 7.77. The molecule has 6 N–H and O–H groups in total. The third kappa shape index (κ3) is 37.0. The predicted octanol–water partition coefficient (Wildman–Crippen LogP) is 12.5. The van der Waals surface area contributed by atoms with Crippen LogP contribution in [0.15, 0.2) is 85.1 Å². The summed E-state index contributed by atoms with van der Waals surface area (Å²) in [6, 6.07) is 0. The average Bonchev–Trinajstić information content (AvgIpc) is 3.34. The van der Waals surface area contributed by atoms with Crippen molar-refractivity contribution in [3.8, 4) is 0 Å². The van der Waals surface area contributed by atoms with E-state index in [9.17, 15) is 39.8 Å². The molecule has 13 heteroatoms. The van der Waals surface area contributed by atoms with E-state index in [-0.39, 0.29) is 13.0 Å². The van der Waals surface area contributed by atoms with Crippen molar-refractivity contribution in [2.45, 2.75) is 243 Å². The van der Waals surface area contributed by atoms with Crippen molar-refractivity contribution in [1.82, 2.24) is 0 Å². The monoisotopic (exact) mass is 993 g/mol. The second-order valence-electron chi connectivity index (χ2n) is 18.3. The van der Waals surface area contributed by atoms with Crippen molar-refractivity contribution in [2.75, 3.05) is 19.8 Å². The van der Waals surface area contributed by atoms with Gasteiger partial charge in [0, 0.05) is 13.0 Å². The highest BCUT2D eigenvalue weighted by Crippen LogP contribution is 2.47. The van der Waals surface area contributed by atoms with Gasteiger partial charge in [0.25, 0.3) is 0 Å². The minimum atomic E-state index is -5.04. The lowest BCUT2D eigenvalue weighted by atomic mass is 9.85. The molecule has 12 nitrogen and oxygen atoms in total. The van der Waals surface area contributed by atoms with E-state index >= 15 is 0 Å². The van der Waals surface area contributed by atoms with Gasteiger partial charge in [-0.3, -0.25) is 13.8 Å². The summed E-state index contributed by atoms with van der Waals surface area (Å²) in [5.74, 6) is -0.504. The number of allylic oxidation sites excluding steroid dienone is 14. The maximum Gasteiger partial charge on any atom is 0.472 e. The number of rotatable bonds is 45. The summed E-state index contributed by atoms with van der Waals surface area (Å²) < 4.78 is 34.3. The molecule has 0 aromatic rings. The number of carbonyl (C=O) groups excluding carboxylic acids is 1. The van der Waals surface area contributed by atoms with Crippen LogP contribution >= 0.6 is 7.82 Å². The maximum absolute atomic E-state index is 12.9. The van der Waals surface area contributed by atoms with E-state index in [2.05, 4.69) is 98.9 Å². The summed E-state index contributed by atoms with van der Waals surface area (Å²) in [6.07, 6.45) is 49.3. The average molecular weight is 993 g/mol. The Morgan fingerprint density at radius 2 is 0.855 bits per heavy atom. The molecule has 0 aromatic heterocycles. The normalized spacial score (nSPS) is 21.7. The van der Waals surface area contributed by atoms with Crippen LogP contribution in [-0.4, -0.2) is 98.9 Å². The molecule has 0 spiro atoms. The lowest BCUT2D eigenvalue weighted by Gasteiger charge is -2.41. The Morgan fingerprint density at radius 1 is 0.478 bits per heavy atom. The number of ether oxygens (including phenoxy) is 2. The lowest BCUT2D eigenvalue weighted by molar-refractivity contribution is -0.220. The Bertz CT molecular complexity index is 1460. The van der Waals surface area contributed by atoms with Crippen molar-refractivity contribution in [2.24, 2.45) is 0 Å².